The van der Waals surface area contributed by atoms with Gasteiger partial charge in [0.1, 0.15) is 6.54 Å². The third kappa shape index (κ3) is 4.16. The molecule has 1 atom stereocenters. The Morgan fingerprint density at radius 3 is 2.83 bits per heavy atom. The summed E-state index contributed by atoms with van der Waals surface area (Å²) in [4.78, 5) is 13.3. The molecule has 1 aliphatic rings. The van der Waals surface area contributed by atoms with Gasteiger partial charge in [-0.3, -0.25) is 0 Å². The maximum Gasteiger partial charge on any atom is 0.318 e. The standard InChI is InChI=1S/C10H17N3O4S/c1-17-6-5-13(10(14)12-4-3-11)9-2-7-18(15,16)8-9/h9H,2,4-8H2,1H3,(H,12,14). The number of hydrogen-bond acceptors (Lipinski definition) is 5. The minimum Gasteiger partial charge on any atom is -0.383 e. The highest BCUT2D eigenvalue weighted by atomic mass is 32.2. The molecule has 102 valence electrons. The van der Waals surface area contributed by atoms with Crippen molar-refractivity contribution in [2.24, 2.45) is 0 Å². The number of hydrogen-bond donors (Lipinski definition) is 1. The fourth-order valence-electron chi connectivity index (χ4n) is 1.88. The molecule has 1 fully saturated rings. The lowest BCUT2D eigenvalue weighted by atomic mass is 10.2. The Hall–Kier alpha value is -1.33. The number of nitrogens with zero attached hydrogens (tertiary/aromatic N) is 2. The van der Waals surface area contributed by atoms with E-state index in [-0.39, 0.29) is 24.1 Å². The van der Waals surface area contributed by atoms with E-state index in [1.807, 2.05) is 6.07 Å². The number of rotatable bonds is 5. The number of ether oxygens (including phenoxy) is 1. The average Bonchev–Trinajstić information content (AvgIpc) is 2.67. The Morgan fingerprint density at radius 2 is 2.33 bits per heavy atom. The van der Waals surface area contributed by atoms with Crippen LogP contribution in [0.1, 0.15) is 6.42 Å². The topological polar surface area (TPSA) is 99.5 Å². The van der Waals surface area contributed by atoms with Crippen molar-refractivity contribution in [1.82, 2.24) is 10.2 Å². The Labute approximate surface area is 107 Å². The van der Waals surface area contributed by atoms with Crippen LogP contribution in [0.3, 0.4) is 0 Å². The second-order valence-corrected chi connectivity index (χ2v) is 6.29. The molecule has 1 unspecified atom stereocenters. The van der Waals surface area contributed by atoms with Crippen LogP contribution in [0.15, 0.2) is 0 Å². The maximum absolute atomic E-state index is 11.8. The highest BCUT2D eigenvalue weighted by Gasteiger charge is 2.34. The molecule has 0 aromatic rings. The Kier molecular flexibility index (Phi) is 5.37. The number of methoxy groups -OCH3 is 1. The first-order chi connectivity index (χ1) is 8.50. The smallest absolute Gasteiger partial charge is 0.318 e. The summed E-state index contributed by atoms with van der Waals surface area (Å²) < 4.78 is 27.7. The summed E-state index contributed by atoms with van der Waals surface area (Å²) in [5.41, 5.74) is 0. The number of carbonyl (C=O) groups is 1. The second kappa shape index (κ2) is 6.56. The zero-order valence-corrected chi connectivity index (χ0v) is 11.1. The van der Waals surface area contributed by atoms with Crippen LogP contribution in [0, 0.1) is 11.3 Å². The third-order valence-electron chi connectivity index (χ3n) is 2.77. The predicted molar refractivity (Wildman–Crippen MR) is 64.7 cm³/mol. The molecule has 0 bridgehead atoms. The molecule has 0 spiro atoms. The Morgan fingerprint density at radius 1 is 1.61 bits per heavy atom. The van der Waals surface area contributed by atoms with Gasteiger partial charge in [0, 0.05) is 19.7 Å². The first-order valence-corrected chi connectivity index (χ1v) is 7.43. The van der Waals surface area contributed by atoms with Gasteiger partial charge in [-0.25, -0.2) is 13.2 Å². The molecule has 1 heterocycles. The molecule has 18 heavy (non-hydrogen) atoms. The van der Waals surface area contributed by atoms with Gasteiger partial charge in [0.2, 0.25) is 0 Å². The fraction of sp³-hybridized carbons (Fsp3) is 0.800. The molecule has 1 N–H and O–H groups in total. The van der Waals surface area contributed by atoms with E-state index in [0.717, 1.165) is 0 Å². The maximum atomic E-state index is 11.8. The van der Waals surface area contributed by atoms with Gasteiger partial charge in [0.25, 0.3) is 0 Å². The van der Waals surface area contributed by atoms with Crippen LogP contribution in [0.25, 0.3) is 0 Å². The van der Waals surface area contributed by atoms with E-state index in [9.17, 15) is 13.2 Å². The van der Waals surface area contributed by atoms with Gasteiger partial charge in [-0.15, -0.1) is 0 Å². The summed E-state index contributed by atoms with van der Waals surface area (Å²) in [5.74, 6) is 0.0867. The summed E-state index contributed by atoms with van der Waals surface area (Å²) >= 11 is 0. The van der Waals surface area contributed by atoms with Crippen molar-refractivity contribution in [2.75, 3.05) is 38.3 Å². The zero-order valence-electron chi connectivity index (χ0n) is 10.3. The largest absolute Gasteiger partial charge is 0.383 e. The number of carbonyl (C=O) groups excluding carboxylic acids is 1. The number of urea groups is 1. The number of amides is 2. The molecular formula is C10H17N3O4S. The van der Waals surface area contributed by atoms with Crippen molar-refractivity contribution >= 4 is 15.9 Å². The van der Waals surface area contributed by atoms with Gasteiger partial charge >= 0.3 is 6.03 Å². The normalized spacial score (nSPS) is 21.2. The van der Waals surface area contributed by atoms with Crippen molar-refractivity contribution in [1.29, 1.82) is 5.26 Å². The van der Waals surface area contributed by atoms with E-state index >= 15 is 0 Å². The quantitative estimate of drug-likeness (QED) is 0.672. The molecule has 8 heteroatoms. The molecule has 0 aliphatic carbocycles. The van der Waals surface area contributed by atoms with E-state index in [4.69, 9.17) is 10.00 Å². The molecule has 2 amide bonds. The highest BCUT2D eigenvalue weighted by molar-refractivity contribution is 7.91. The third-order valence-corrected chi connectivity index (χ3v) is 4.52. The van der Waals surface area contributed by atoms with Crippen molar-refractivity contribution in [2.45, 2.75) is 12.5 Å². The molecule has 0 radical (unpaired) electrons. The Bertz CT molecular complexity index is 429. The number of nitriles is 1. The average molecular weight is 275 g/mol. The van der Waals surface area contributed by atoms with Crippen LogP contribution in [0.2, 0.25) is 0 Å². The van der Waals surface area contributed by atoms with Crippen molar-refractivity contribution in [3.8, 4) is 6.07 Å². The minimum atomic E-state index is -3.05. The fourth-order valence-corrected chi connectivity index (χ4v) is 3.61. The van der Waals surface area contributed by atoms with Crippen LogP contribution in [0.5, 0.6) is 0 Å². The first-order valence-electron chi connectivity index (χ1n) is 5.61. The zero-order chi connectivity index (χ0) is 13.6. The van der Waals surface area contributed by atoms with Crippen LogP contribution in [0.4, 0.5) is 4.79 Å². The Balaban J connectivity index is 2.66. The van der Waals surface area contributed by atoms with E-state index in [0.29, 0.717) is 19.6 Å². The molecule has 0 saturated carbocycles. The lowest BCUT2D eigenvalue weighted by molar-refractivity contribution is 0.134. The molecule has 7 nitrogen and oxygen atoms in total. The van der Waals surface area contributed by atoms with Gasteiger partial charge in [-0.2, -0.15) is 5.26 Å². The van der Waals surface area contributed by atoms with Crippen LogP contribution < -0.4 is 5.32 Å². The van der Waals surface area contributed by atoms with E-state index in [1.165, 1.54) is 12.0 Å². The summed E-state index contributed by atoms with van der Waals surface area (Å²) in [6, 6.07) is 1.06. The summed E-state index contributed by atoms with van der Waals surface area (Å²) in [6.45, 7) is 0.548. The molecule has 0 aromatic carbocycles. The predicted octanol–water partition coefficient (Wildman–Crippen LogP) is -0.645. The minimum absolute atomic E-state index is 0.0172. The SMILES string of the molecule is COCCN(C(=O)NCC#N)C1CCS(=O)(=O)C1. The van der Waals surface area contributed by atoms with E-state index in [2.05, 4.69) is 5.32 Å². The van der Waals surface area contributed by atoms with Crippen molar-refractivity contribution < 1.29 is 17.9 Å². The molecule has 1 aliphatic heterocycles. The molecular weight excluding hydrogens is 258 g/mol. The molecule has 1 saturated heterocycles. The van der Waals surface area contributed by atoms with Gasteiger partial charge in [-0.05, 0) is 6.42 Å². The van der Waals surface area contributed by atoms with Gasteiger partial charge in [-0.1, -0.05) is 0 Å². The molecule has 1 rings (SSSR count). The van der Waals surface area contributed by atoms with Crippen molar-refractivity contribution in [3.63, 3.8) is 0 Å². The van der Waals surface area contributed by atoms with E-state index < -0.39 is 15.9 Å². The second-order valence-electron chi connectivity index (χ2n) is 4.06. The lowest BCUT2D eigenvalue weighted by Gasteiger charge is -2.27. The van der Waals surface area contributed by atoms with E-state index in [1.54, 1.807) is 0 Å². The number of nitrogens with one attached hydrogen (secondary N) is 1. The summed E-state index contributed by atoms with van der Waals surface area (Å²) in [7, 11) is -1.54. The van der Waals surface area contributed by atoms with Crippen LogP contribution >= 0.6 is 0 Å². The summed E-state index contributed by atoms with van der Waals surface area (Å²) in [5, 5.41) is 10.8. The summed E-state index contributed by atoms with van der Waals surface area (Å²) in [6.07, 6.45) is 0.437. The lowest BCUT2D eigenvalue weighted by Crippen LogP contribution is -2.48. The van der Waals surface area contributed by atoms with Crippen LogP contribution in [-0.4, -0.2) is 63.7 Å². The number of sulfone groups is 1. The highest BCUT2D eigenvalue weighted by Crippen LogP contribution is 2.17. The molecule has 0 aromatic heterocycles. The van der Waals surface area contributed by atoms with Gasteiger partial charge < -0.3 is 15.0 Å². The van der Waals surface area contributed by atoms with Crippen LogP contribution in [-0.2, 0) is 14.6 Å². The first kappa shape index (κ1) is 14.7. The van der Waals surface area contributed by atoms with Crippen molar-refractivity contribution in [3.05, 3.63) is 0 Å². The monoisotopic (exact) mass is 275 g/mol. The van der Waals surface area contributed by atoms with Gasteiger partial charge in [0.15, 0.2) is 9.84 Å². The van der Waals surface area contributed by atoms with Gasteiger partial charge in [0.05, 0.1) is 24.2 Å².